The van der Waals surface area contributed by atoms with Crippen LogP contribution in [0.2, 0.25) is 0 Å². The molecular formula is C12H18N6O. The van der Waals surface area contributed by atoms with Gasteiger partial charge in [0.15, 0.2) is 0 Å². The topological polar surface area (TPSA) is 82.1 Å². The summed E-state index contributed by atoms with van der Waals surface area (Å²) in [5.74, 6) is 1.44. The molecule has 2 rings (SSSR count). The highest BCUT2D eigenvalue weighted by atomic mass is 16.5. The van der Waals surface area contributed by atoms with Crippen molar-refractivity contribution in [2.24, 2.45) is 12.8 Å². The molecule has 1 heterocycles. The van der Waals surface area contributed by atoms with E-state index in [1.165, 1.54) is 0 Å². The van der Waals surface area contributed by atoms with Crippen molar-refractivity contribution in [2.75, 3.05) is 25.1 Å². The van der Waals surface area contributed by atoms with E-state index in [4.69, 9.17) is 10.5 Å². The maximum Gasteiger partial charge on any atom is 0.249 e. The van der Waals surface area contributed by atoms with Crippen molar-refractivity contribution in [3.05, 3.63) is 24.3 Å². The highest BCUT2D eigenvalue weighted by Gasteiger charge is 2.18. The van der Waals surface area contributed by atoms with E-state index in [0.717, 1.165) is 24.4 Å². The van der Waals surface area contributed by atoms with Crippen molar-refractivity contribution in [2.45, 2.75) is 6.42 Å². The number of aromatic nitrogens is 4. The fourth-order valence-electron chi connectivity index (χ4n) is 1.88. The van der Waals surface area contributed by atoms with E-state index in [0.29, 0.717) is 12.5 Å². The van der Waals surface area contributed by atoms with Gasteiger partial charge in [0, 0.05) is 13.6 Å². The normalized spacial score (nSPS) is 10.5. The molecule has 19 heavy (non-hydrogen) atoms. The van der Waals surface area contributed by atoms with Gasteiger partial charge in [-0.1, -0.05) is 17.2 Å². The first-order valence-corrected chi connectivity index (χ1v) is 6.11. The minimum absolute atomic E-state index is 0.608. The van der Waals surface area contributed by atoms with Crippen LogP contribution in [0.15, 0.2) is 24.3 Å². The van der Waals surface area contributed by atoms with Crippen LogP contribution in [0.1, 0.15) is 6.42 Å². The molecule has 0 saturated carbocycles. The summed E-state index contributed by atoms with van der Waals surface area (Å²) in [4.78, 5) is 2.01. The molecule has 7 heteroatoms. The van der Waals surface area contributed by atoms with Gasteiger partial charge in [-0.2, -0.15) is 0 Å². The zero-order valence-corrected chi connectivity index (χ0v) is 11.2. The largest absolute Gasteiger partial charge is 0.495 e. The van der Waals surface area contributed by atoms with Gasteiger partial charge in [-0.05, 0) is 35.5 Å². The minimum Gasteiger partial charge on any atom is -0.495 e. The molecule has 0 bridgehead atoms. The van der Waals surface area contributed by atoms with Gasteiger partial charge in [-0.15, -0.1) is 0 Å². The van der Waals surface area contributed by atoms with Crippen molar-refractivity contribution in [3.8, 4) is 5.75 Å². The van der Waals surface area contributed by atoms with Crippen LogP contribution in [0.5, 0.6) is 5.75 Å². The molecular weight excluding hydrogens is 244 g/mol. The van der Waals surface area contributed by atoms with E-state index >= 15 is 0 Å². The molecule has 0 radical (unpaired) electrons. The number of hydrogen-bond acceptors (Lipinski definition) is 6. The molecule has 0 unspecified atom stereocenters. The van der Waals surface area contributed by atoms with E-state index in [9.17, 15) is 0 Å². The maximum atomic E-state index is 5.60. The van der Waals surface area contributed by atoms with Crippen molar-refractivity contribution in [1.82, 2.24) is 20.2 Å². The van der Waals surface area contributed by atoms with E-state index in [2.05, 4.69) is 15.5 Å². The van der Waals surface area contributed by atoms with Crippen LogP contribution in [-0.4, -0.2) is 40.4 Å². The molecule has 2 N–H and O–H groups in total. The number of hydrogen-bond donors (Lipinski definition) is 1. The predicted molar refractivity (Wildman–Crippen MR) is 72.5 cm³/mol. The third-order valence-corrected chi connectivity index (χ3v) is 2.80. The SMILES string of the molecule is COc1ccccc1N(CCCN)c1nnnn1C. The molecule has 0 saturated heterocycles. The van der Waals surface area contributed by atoms with Gasteiger partial charge in [0.05, 0.1) is 12.8 Å². The van der Waals surface area contributed by atoms with Crippen LogP contribution < -0.4 is 15.4 Å². The zero-order chi connectivity index (χ0) is 13.7. The second kappa shape index (κ2) is 6.14. The summed E-state index contributed by atoms with van der Waals surface area (Å²) in [5.41, 5.74) is 6.53. The first kappa shape index (κ1) is 13.3. The Balaban J connectivity index is 2.40. The van der Waals surface area contributed by atoms with Crippen LogP contribution in [0.25, 0.3) is 0 Å². The predicted octanol–water partition coefficient (Wildman–Crippen LogP) is 0.706. The van der Waals surface area contributed by atoms with Crippen molar-refractivity contribution in [3.63, 3.8) is 0 Å². The van der Waals surface area contributed by atoms with Crippen molar-refractivity contribution >= 4 is 11.6 Å². The van der Waals surface area contributed by atoms with Gasteiger partial charge in [-0.25, -0.2) is 4.68 Å². The number of aryl methyl sites for hydroxylation is 1. The molecule has 2 aromatic rings. The van der Waals surface area contributed by atoms with Crippen LogP contribution in [-0.2, 0) is 7.05 Å². The molecule has 1 aromatic heterocycles. The lowest BCUT2D eigenvalue weighted by molar-refractivity contribution is 0.415. The van der Waals surface area contributed by atoms with Gasteiger partial charge in [0.1, 0.15) is 5.75 Å². The van der Waals surface area contributed by atoms with Crippen LogP contribution >= 0.6 is 0 Å². The Hall–Kier alpha value is -2.15. The highest BCUT2D eigenvalue weighted by Crippen LogP contribution is 2.31. The molecule has 1 aromatic carbocycles. The van der Waals surface area contributed by atoms with E-state index in [1.807, 2.05) is 29.2 Å². The number of para-hydroxylation sites is 2. The monoisotopic (exact) mass is 262 g/mol. The number of methoxy groups -OCH3 is 1. The lowest BCUT2D eigenvalue weighted by atomic mass is 10.2. The van der Waals surface area contributed by atoms with E-state index in [-0.39, 0.29) is 0 Å². The molecule has 0 aliphatic rings. The first-order valence-electron chi connectivity index (χ1n) is 6.11. The zero-order valence-electron chi connectivity index (χ0n) is 11.2. The van der Waals surface area contributed by atoms with E-state index in [1.54, 1.807) is 18.8 Å². The second-order valence-corrected chi connectivity index (χ2v) is 4.07. The summed E-state index contributed by atoms with van der Waals surface area (Å²) in [6.45, 7) is 1.34. The molecule has 102 valence electrons. The average molecular weight is 262 g/mol. The molecule has 0 atom stereocenters. The van der Waals surface area contributed by atoms with Crippen LogP contribution in [0.4, 0.5) is 11.6 Å². The van der Waals surface area contributed by atoms with Gasteiger partial charge in [0.25, 0.3) is 0 Å². The van der Waals surface area contributed by atoms with Crippen molar-refractivity contribution < 1.29 is 4.74 Å². The van der Waals surface area contributed by atoms with Gasteiger partial charge in [-0.3, -0.25) is 0 Å². The molecule has 0 spiro atoms. The third kappa shape index (κ3) is 2.82. The molecule has 0 aliphatic heterocycles. The smallest absolute Gasteiger partial charge is 0.249 e. The Morgan fingerprint density at radius 1 is 1.37 bits per heavy atom. The van der Waals surface area contributed by atoms with Crippen molar-refractivity contribution in [1.29, 1.82) is 0 Å². The van der Waals surface area contributed by atoms with E-state index < -0.39 is 0 Å². The van der Waals surface area contributed by atoms with Gasteiger partial charge < -0.3 is 15.4 Å². The maximum absolute atomic E-state index is 5.60. The molecule has 0 aliphatic carbocycles. The number of nitrogens with zero attached hydrogens (tertiary/aromatic N) is 5. The highest BCUT2D eigenvalue weighted by molar-refractivity contribution is 5.65. The summed E-state index contributed by atoms with van der Waals surface area (Å²) < 4.78 is 7.02. The number of rotatable bonds is 6. The number of ether oxygens (including phenoxy) is 1. The Morgan fingerprint density at radius 3 is 2.79 bits per heavy atom. The first-order chi connectivity index (χ1) is 9.27. The Kier molecular flexibility index (Phi) is 4.30. The Labute approximate surface area is 112 Å². The molecule has 0 fully saturated rings. The molecule has 0 amide bonds. The minimum atomic E-state index is 0.608. The lowest BCUT2D eigenvalue weighted by Crippen LogP contribution is -2.24. The van der Waals surface area contributed by atoms with Crippen LogP contribution in [0.3, 0.4) is 0 Å². The number of tetrazole rings is 1. The lowest BCUT2D eigenvalue weighted by Gasteiger charge is -2.24. The number of anilines is 2. The Morgan fingerprint density at radius 2 is 2.16 bits per heavy atom. The standard InChI is InChI=1S/C12H18N6O/c1-17-12(14-15-16-17)18(9-5-8-13)10-6-3-4-7-11(10)19-2/h3-4,6-7H,5,8-9,13H2,1-2H3. The number of nitrogens with two attached hydrogens (primary N) is 1. The summed E-state index contributed by atoms with van der Waals surface area (Å²) in [6, 6.07) is 7.77. The average Bonchev–Trinajstić information content (AvgIpc) is 2.86. The fourth-order valence-corrected chi connectivity index (χ4v) is 1.88. The summed E-state index contributed by atoms with van der Waals surface area (Å²) in [5, 5.41) is 11.6. The summed E-state index contributed by atoms with van der Waals surface area (Å²) in [7, 11) is 3.45. The van der Waals surface area contributed by atoms with Crippen LogP contribution in [0, 0.1) is 0 Å². The second-order valence-electron chi connectivity index (χ2n) is 4.07. The van der Waals surface area contributed by atoms with Gasteiger partial charge >= 0.3 is 0 Å². The summed E-state index contributed by atoms with van der Waals surface area (Å²) >= 11 is 0. The Bertz CT molecular complexity index is 526. The fraction of sp³-hybridized carbons (Fsp3) is 0.417. The summed E-state index contributed by atoms with van der Waals surface area (Å²) in [6.07, 6.45) is 0.838. The van der Waals surface area contributed by atoms with Gasteiger partial charge in [0.2, 0.25) is 5.95 Å². The third-order valence-electron chi connectivity index (χ3n) is 2.80. The quantitative estimate of drug-likeness (QED) is 0.825. The molecule has 7 nitrogen and oxygen atoms in total. The number of benzene rings is 1.